The number of amides is 2. The lowest BCUT2D eigenvalue weighted by Gasteiger charge is -2.23. The number of rotatable bonds is 16. The molecule has 7 heteroatoms. The number of carboxylic acids is 1. The number of carbonyl (C=O) groups is 2. The highest BCUT2D eigenvalue weighted by Crippen LogP contribution is 2.15. The largest absolute Gasteiger partial charge is 0.492 e. The van der Waals surface area contributed by atoms with Crippen LogP contribution in [0.25, 0.3) is 0 Å². The number of unbranched alkanes of at least 4 members (excludes halogenated alkanes) is 3. The van der Waals surface area contributed by atoms with E-state index in [4.69, 9.17) is 9.47 Å². The molecule has 0 saturated carbocycles. The van der Waals surface area contributed by atoms with E-state index in [-0.39, 0.29) is 6.03 Å². The smallest absolute Gasteiger partial charge is 0.333 e. The van der Waals surface area contributed by atoms with Crippen LogP contribution in [0.3, 0.4) is 0 Å². The van der Waals surface area contributed by atoms with Gasteiger partial charge in [-0.1, -0.05) is 45.2 Å². The topological polar surface area (TPSA) is 88.1 Å². The van der Waals surface area contributed by atoms with Crippen LogP contribution in [-0.4, -0.2) is 61.0 Å². The second-order valence-corrected chi connectivity index (χ2v) is 7.26. The summed E-state index contributed by atoms with van der Waals surface area (Å²) in [5.74, 6) is -0.264. The average Bonchev–Trinajstić information content (AvgIpc) is 2.73. The Morgan fingerprint density at radius 1 is 1.03 bits per heavy atom. The summed E-state index contributed by atoms with van der Waals surface area (Å²) in [7, 11) is 0. The average molecular weight is 423 g/mol. The third-order valence-corrected chi connectivity index (χ3v) is 4.74. The fourth-order valence-electron chi connectivity index (χ4n) is 2.98. The third-order valence-electron chi connectivity index (χ3n) is 4.74. The Morgan fingerprint density at radius 3 is 2.33 bits per heavy atom. The van der Waals surface area contributed by atoms with Gasteiger partial charge in [0.05, 0.1) is 6.54 Å². The maximum atomic E-state index is 12.4. The molecule has 0 aliphatic heterocycles. The number of aliphatic carboxylic acids is 1. The lowest BCUT2D eigenvalue weighted by molar-refractivity contribution is -0.149. The minimum atomic E-state index is -0.961. The van der Waals surface area contributed by atoms with E-state index in [1.165, 1.54) is 0 Å². The summed E-state index contributed by atoms with van der Waals surface area (Å²) in [5, 5.41) is 12.2. The van der Waals surface area contributed by atoms with E-state index in [9.17, 15) is 14.7 Å². The van der Waals surface area contributed by atoms with Crippen molar-refractivity contribution >= 4 is 12.0 Å². The summed E-state index contributed by atoms with van der Waals surface area (Å²) in [6, 6.07) is 7.31. The maximum absolute atomic E-state index is 12.4. The summed E-state index contributed by atoms with van der Waals surface area (Å²) >= 11 is 0. The van der Waals surface area contributed by atoms with Gasteiger partial charge in [-0.15, -0.1) is 0 Å². The maximum Gasteiger partial charge on any atom is 0.333 e. The first-order valence-corrected chi connectivity index (χ1v) is 11.1. The first-order valence-electron chi connectivity index (χ1n) is 11.1. The standard InChI is InChI=1S/C23H38N2O5/c1-4-7-9-15-25(23(28)24-14-8-5-2)16-17-30-20-12-10-19(11-13-20)18-21(22(26)27)29-6-3/h10-13,21H,4-9,14-18H2,1-3H3,(H,24,28)(H,26,27). The summed E-state index contributed by atoms with van der Waals surface area (Å²) in [4.78, 5) is 25.4. The van der Waals surface area contributed by atoms with Gasteiger partial charge in [-0.25, -0.2) is 9.59 Å². The summed E-state index contributed by atoms with van der Waals surface area (Å²) in [5.41, 5.74) is 0.875. The van der Waals surface area contributed by atoms with E-state index in [1.807, 2.05) is 29.2 Å². The van der Waals surface area contributed by atoms with Crippen LogP contribution in [0.5, 0.6) is 5.75 Å². The molecule has 0 saturated heterocycles. The summed E-state index contributed by atoms with van der Waals surface area (Å²) in [6.45, 7) is 8.73. The van der Waals surface area contributed by atoms with Crippen molar-refractivity contribution in [3.05, 3.63) is 29.8 Å². The molecule has 0 aliphatic carbocycles. The third kappa shape index (κ3) is 10.5. The van der Waals surface area contributed by atoms with Crippen molar-refractivity contribution in [2.45, 2.75) is 65.4 Å². The SMILES string of the molecule is CCCCCN(CCOc1ccc(CC(OCC)C(=O)O)cc1)C(=O)NCCCC. The molecule has 1 aromatic carbocycles. The van der Waals surface area contributed by atoms with Gasteiger partial charge in [-0.3, -0.25) is 0 Å². The number of benzene rings is 1. The Morgan fingerprint density at radius 2 is 1.73 bits per heavy atom. The zero-order valence-electron chi connectivity index (χ0n) is 18.7. The number of carbonyl (C=O) groups excluding carboxylic acids is 1. The number of nitrogens with one attached hydrogen (secondary N) is 1. The monoisotopic (exact) mass is 422 g/mol. The molecule has 0 aromatic heterocycles. The quantitative estimate of drug-likeness (QED) is 0.392. The molecule has 1 aromatic rings. The number of ether oxygens (including phenoxy) is 2. The number of hydrogen-bond donors (Lipinski definition) is 2. The predicted octanol–water partition coefficient (Wildman–Crippen LogP) is 4.10. The van der Waals surface area contributed by atoms with Crippen LogP contribution in [0.4, 0.5) is 4.79 Å². The first kappa shape index (κ1) is 25.8. The van der Waals surface area contributed by atoms with Crippen molar-refractivity contribution in [2.24, 2.45) is 0 Å². The Labute approximate surface area is 180 Å². The number of carboxylic acid groups (broad SMARTS) is 1. The molecular weight excluding hydrogens is 384 g/mol. The molecular formula is C23H38N2O5. The zero-order valence-corrected chi connectivity index (χ0v) is 18.7. The van der Waals surface area contributed by atoms with Crippen molar-refractivity contribution in [1.29, 1.82) is 0 Å². The molecule has 0 bridgehead atoms. The van der Waals surface area contributed by atoms with Crippen molar-refractivity contribution in [3.63, 3.8) is 0 Å². The fourth-order valence-corrected chi connectivity index (χ4v) is 2.98. The fraction of sp³-hybridized carbons (Fsp3) is 0.652. The molecule has 0 heterocycles. The molecule has 1 unspecified atom stereocenters. The highest BCUT2D eigenvalue weighted by molar-refractivity contribution is 5.74. The normalized spacial score (nSPS) is 11.7. The van der Waals surface area contributed by atoms with E-state index in [0.717, 1.165) is 44.2 Å². The Hall–Kier alpha value is -2.28. The summed E-state index contributed by atoms with van der Waals surface area (Å²) < 4.78 is 11.1. The van der Waals surface area contributed by atoms with Gasteiger partial charge in [0, 0.05) is 26.1 Å². The molecule has 30 heavy (non-hydrogen) atoms. The van der Waals surface area contributed by atoms with Gasteiger partial charge >= 0.3 is 12.0 Å². The first-order chi connectivity index (χ1) is 14.5. The van der Waals surface area contributed by atoms with Crippen LogP contribution in [0, 0.1) is 0 Å². The lowest BCUT2D eigenvalue weighted by atomic mass is 10.1. The van der Waals surface area contributed by atoms with E-state index in [0.29, 0.717) is 38.5 Å². The molecule has 0 radical (unpaired) electrons. The van der Waals surface area contributed by atoms with Crippen LogP contribution in [0.15, 0.2) is 24.3 Å². The highest BCUT2D eigenvalue weighted by atomic mass is 16.5. The number of urea groups is 1. The highest BCUT2D eigenvalue weighted by Gasteiger charge is 2.18. The molecule has 1 atom stereocenters. The minimum absolute atomic E-state index is 0.0332. The van der Waals surface area contributed by atoms with E-state index >= 15 is 0 Å². The summed E-state index contributed by atoms with van der Waals surface area (Å²) in [6.07, 6.45) is 4.69. The van der Waals surface area contributed by atoms with Crippen molar-refractivity contribution in [3.8, 4) is 5.75 Å². The minimum Gasteiger partial charge on any atom is -0.492 e. The molecule has 2 amide bonds. The number of hydrogen-bond acceptors (Lipinski definition) is 4. The van der Waals surface area contributed by atoms with Crippen LogP contribution < -0.4 is 10.1 Å². The van der Waals surface area contributed by atoms with E-state index in [1.54, 1.807) is 6.92 Å². The molecule has 0 spiro atoms. The van der Waals surface area contributed by atoms with Gasteiger partial charge in [0.25, 0.3) is 0 Å². The Balaban J connectivity index is 2.52. The van der Waals surface area contributed by atoms with Gasteiger partial charge < -0.3 is 24.8 Å². The van der Waals surface area contributed by atoms with Crippen molar-refractivity contribution in [2.75, 3.05) is 32.8 Å². The van der Waals surface area contributed by atoms with Crippen molar-refractivity contribution < 1.29 is 24.2 Å². The molecule has 7 nitrogen and oxygen atoms in total. The lowest BCUT2D eigenvalue weighted by Crippen LogP contribution is -2.42. The molecule has 0 aliphatic rings. The Kier molecular flexibility index (Phi) is 13.3. The van der Waals surface area contributed by atoms with Gasteiger partial charge in [0.1, 0.15) is 12.4 Å². The van der Waals surface area contributed by atoms with Gasteiger partial charge in [0.15, 0.2) is 6.10 Å². The van der Waals surface area contributed by atoms with Crippen LogP contribution >= 0.6 is 0 Å². The van der Waals surface area contributed by atoms with Gasteiger partial charge in [-0.2, -0.15) is 0 Å². The van der Waals surface area contributed by atoms with Crippen molar-refractivity contribution in [1.82, 2.24) is 10.2 Å². The Bertz CT molecular complexity index is 606. The van der Waals surface area contributed by atoms with Gasteiger partial charge in [0.2, 0.25) is 0 Å². The predicted molar refractivity (Wildman–Crippen MR) is 118 cm³/mol. The zero-order chi connectivity index (χ0) is 22.2. The second kappa shape index (κ2) is 15.5. The van der Waals surface area contributed by atoms with E-state index < -0.39 is 12.1 Å². The van der Waals surface area contributed by atoms with Gasteiger partial charge in [-0.05, 0) is 37.5 Å². The van der Waals surface area contributed by atoms with Crippen LogP contribution in [0.2, 0.25) is 0 Å². The molecule has 170 valence electrons. The molecule has 1 rings (SSSR count). The van der Waals surface area contributed by atoms with Crippen LogP contribution in [-0.2, 0) is 16.0 Å². The molecule has 2 N–H and O–H groups in total. The van der Waals surface area contributed by atoms with E-state index in [2.05, 4.69) is 19.2 Å². The van der Waals surface area contributed by atoms with Crippen LogP contribution in [0.1, 0.15) is 58.4 Å². The molecule has 0 fully saturated rings. The number of nitrogens with zero attached hydrogens (tertiary/aromatic N) is 1. The second-order valence-electron chi connectivity index (χ2n) is 7.26.